The summed E-state index contributed by atoms with van der Waals surface area (Å²) < 4.78 is 43.3. The molecule has 1 aromatic carbocycles. The van der Waals surface area contributed by atoms with E-state index in [9.17, 15) is 13.2 Å². The molecule has 1 atom stereocenters. The van der Waals surface area contributed by atoms with E-state index in [0.29, 0.717) is 25.6 Å². The second-order valence-electron chi connectivity index (χ2n) is 5.49. The Morgan fingerprint density at radius 1 is 1.19 bits per heavy atom. The van der Waals surface area contributed by atoms with Crippen molar-refractivity contribution in [2.75, 3.05) is 26.9 Å². The normalized spacial score (nSPS) is 12.5. The molecule has 0 radical (unpaired) electrons. The van der Waals surface area contributed by atoms with Crippen molar-refractivity contribution in [2.45, 2.75) is 24.3 Å². The number of carbonyl (C=O) groups excluding carboxylic acids is 1. The highest BCUT2D eigenvalue weighted by Crippen LogP contribution is 2.25. The van der Waals surface area contributed by atoms with E-state index < -0.39 is 22.0 Å². The molecule has 9 heteroatoms. The van der Waals surface area contributed by atoms with Crippen LogP contribution in [-0.4, -0.2) is 41.3 Å². The predicted octanol–water partition coefficient (Wildman–Crippen LogP) is 2.75. The molecule has 148 valence electrons. The maximum atomic E-state index is 12.7. The fourth-order valence-corrected chi connectivity index (χ4v) is 4.34. The Hall–Kier alpha value is -1.94. The third-order valence-corrected chi connectivity index (χ3v) is 6.09. The first kappa shape index (κ1) is 21.4. The van der Waals surface area contributed by atoms with Gasteiger partial charge in [-0.05, 0) is 42.6 Å². The van der Waals surface area contributed by atoms with E-state index in [0.717, 1.165) is 4.88 Å². The number of thiophene rings is 1. The summed E-state index contributed by atoms with van der Waals surface area (Å²) in [5.41, 5.74) is 0. The van der Waals surface area contributed by atoms with Crippen LogP contribution in [0.15, 0.2) is 46.7 Å². The number of sulfonamides is 1. The molecule has 0 saturated heterocycles. The molecule has 1 aromatic heterocycles. The molecule has 27 heavy (non-hydrogen) atoms. The molecule has 0 bridgehead atoms. The molecule has 1 heterocycles. The number of nitrogens with one attached hydrogen (secondary N) is 1. The number of rotatable bonds is 11. The summed E-state index contributed by atoms with van der Waals surface area (Å²) in [4.78, 5) is 12.5. The van der Waals surface area contributed by atoms with Crippen LogP contribution in [0.3, 0.4) is 0 Å². The molecule has 2 aromatic rings. The molecular formula is C18H23NO6S2. The van der Waals surface area contributed by atoms with Crippen LogP contribution in [0, 0.1) is 0 Å². The van der Waals surface area contributed by atoms with Gasteiger partial charge in [-0.1, -0.05) is 6.07 Å². The zero-order chi connectivity index (χ0) is 19.7. The van der Waals surface area contributed by atoms with Crippen molar-refractivity contribution < 1.29 is 27.4 Å². The first-order valence-corrected chi connectivity index (χ1v) is 10.8. The zero-order valence-electron chi connectivity index (χ0n) is 15.2. The van der Waals surface area contributed by atoms with Crippen molar-refractivity contribution >= 4 is 27.3 Å². The van der Waals surface area contributed by atoms with Crippen molar-refractivity contribution in [2.24, 2.45) is 0 Å². The van der Waals surface area contributed by atoms with E-state index in [1.807, 2.05) is 12.3 Å². The standard InChI is InChI=1S/C18H23NO6S2/c1-3-24-10-11-25-14-6-8-15(9-7-14)27(21,22)19-16(13-18(20)23-2)17-5-4-12-26-17/h4-9,12,16,19H,3,10-11,13H2,1-2H3. The van der Waals surface area contributed by atoms with Crippen LogP contribution in [0.2, 0.25) is 0 Å². The summed E-state index contributed by atoms with van der Waals surface area (Å²) in [6.45, 7) is 3.37. The Morgan fingerprint density at radius 2 is 1.93 bits per heavy atom. The topological polar surface area (TPSA) is 90.9 Å². The van der Waals surface area contributed by atoms with Gasteiger partial charge in [-0.15, -0.1) is 11.3 Å². The summed E-state index contributed by atoms with van der Waals surface area (Å²) >= 11 is 1.37. The lowest BCUT2D eigenvalue weighted by atomic mass is 10.2. The molecule has 0 aliphatic carbocycles. The van der Waals surface area contributed by atoms with Crippen LogP contribution in [-0.2, 0) is 24.3 Å². The molecule has 7 nitrogen and oxygen atoms in total. The Bertz CT molecular complexity index is 803. The molecule has 0 amide bonds. The van der Waals surface area contributed by atoms with Gasteiger partial charge in [0.25, 0.3) is 0 Å². The maximum absolute atomic E-state index is 12.7. The smallest absolute Gasteiger partial charge is 0.307 e. The lowest BCUT2D eigenvalue weighted by Crippen LogP contribution is -2.30. The fourth-order valence-electron chi connectivity index (χ4n) is 2.27. The monoisotopic (exact) mass is 413 g/mol. The van der Waals surface area contributed by atoms with Gasteiger partial charge >= 0.3 is 5.97 Å². The average molecular weight is 414 g/mol. The second-order valence-corrected chi connectivity index (χ2v) is 8.18. The Balaban J connectivity index is 2.07. The molecule has 0 saturated carbocycles. The lowest BCUT2D eigenvalue weighted by Gasteiger charge is -2.17. The fraction of sp³-hybridized carbons (Fsp3) is 0.389. The summed E-state index contributed by atoms with van der Waals surface area (Å²) in [5, 5.41) is 1.82. The van der Waals surface area contributed by atoms with E-state index in [4.69, 9.17) is 9.47 Å². The minimum atomic E-state index is -3.82. The van der Waals surface area contributed by atoms with Crippen molar-refractivity contribution in [3.05, 3.63) is 46.7 Å². The Kier molecular flexibility index (Phi) is 8.23. The van der Waals surface area contributed by atoms with E-state index in [1.54, 1.807) is 24.3 Å². The van der Waals surface area contributed by atoms with Gasteiger partial charge in [0.2, 0.25) is 10.0 Å². The van der Waals surface area contributed by atoms with Crippen LogP contribution in [0.5, 0.6) is 5.75 Å². The van der Waals surface area contributed by atoms with E-state index in [-0.39, 0.29) is 11.3 Å². The second kappa shape index (κ2) is 10.4. The molecule has 1 unspecified atom stereocenters. The number of hydrogen-bond donors (Lipinski definition) is 1. The van der Waals surface area contributed by atoms with Gasteiger partial charge in [-0.3, -0.25) is 4.79 Å². The molecule has 0 spiro atoms. The van der Waals surface area contributed by atoms with Crippen molar-refractivity contribution in [3.63, 3.8) is 0 Å². The van der Waals surface area contributed by atoms with Gasteiger partial charge in [0.1, 0.15) is 12.4 Å². The largest absolute Gasteiger partial charge is 0.491 e. The molecule has 0 aliphatic rings. The van der Waals surface area contributed by atoms with Gasteiger partial charge in [-0.2, -0.15) is 0 Å². The number of ether oxygens (including phenoxy) is 3. The van der Waals surface area contributed by atoms with Gasteiger partial charge in [0.05, 0.1) is 31.1 Å². The van der Waals surface area contributed by atoms with Crippen LogP contribution in [0.1, 0.15) is 24.3 Å². The highest BCUT2D eigenvalue weighted by molar-refractivity contribution is 7.89. The van der Waals surface area contributed by atoms with Crippen molar-refractivity contribution in [3.8, 4) is 5.75 Å². The van der Waals surface area contributed by atoms with Crippen LogP contribution >= 0.6 is 11.3 Å². The number of hydrogen-bond acceptors (Lipinski definition) is 7. The highest BCUT2D eigenvalue weighted by atomic mass is 32.2. The summed E-state index contributed by atoms with van der Waals surface area (Å²) in [5.74, 6) is 0.0622. The summed E-state index contributed by atoms with van der Waals surface area (Å²) in [6, 6.07) is 8.97. The Morgan fingerprint density at radius 3 is 2.52 bits per heavy atom. The van der Waals surface area contributed by atoms with Crippen molar-refractivity contribution in [1.29, 1.82) is 0 Å². The predicted molar refractivity (Wildman–Crippen MR) is 102 cm³/mol. The van der Waals surface area contributed by atoms with Gasteiger partial charge in [0.15, 0.2) is 0 Å². The quantitative estimate of drug-likeness (QED) is 0.450. The first-order chi connectivity index (χ1) is 13.0. The number of carbonyl (C=O) groups is 1. The molecular weight excluding hydrogens is 390 g/mol. The SMILES string of the molecule is CCOCCOc1ccc(S(=O)(=O)NC(CC(=O)OC)c2cccs2)cc1. The van der Waals surface area contributed by atoms with Crippen LogP contribution in [0.4, 0.5) is 0 Å². The third-order valence-electron chi connectivity index (χ3n) is 3.62. The molecule has 2 rings (SSSR count). The minimum absolute atomic E-state index is 0.0884. The van der Waals surface area contributed by atoms with Crippen LogP contribution in [0.25, 0.3) is 0 Å². The minimum Gasteiger partial charge on any atom is -0.491 e. The van der Waals surface area contributed by atoms with Gasteiger partial charge in [-0.25, -0.2) is 13.1 Å². The van der Waals surface area contributed by atoms with E-state index in [1.165, 1.54) is 30.6 Å². The highest BCUT2D eigenvalue weighted by Gasteiger charge is 2.24. The van der Waals surface area contributed by atoms with Crippen molar-refractivity contribution in [1.82, 2.24) is 4.72 Å². The van der Waals surface area contributed by atoms with E-state index in [2.05, 4.69) is 9.46 Å². The molecule has 1 N–H and O–H groups in total. The van der Waals surface area contributed by atoms with Gasteiger partial charge in [0, 0.05) is 11.5 Å². The number of benzene rings is 1. The Labute approximate surface area is 163 Å². The zero-order valence-corrected chi connectivity index (χ0v) is 16.8. The first-order valence-electron chi connectivity index (χ1n) is 8.39. The molecule has 0 aliphatic heterocycles. The maximum Gasteiger partial charge on any atom is 0.307 e. The number of esters is 1. The summed E-state index contributed by atoms with van der Waals surface area (Å²) in [6.07, 6.45) is -0.0884. The average Bonchev–Trinajstić information content (AvgIpc) is 3.19. The van der Waals surface area contributed by atoms with Gasteiger partial charge < -0.3 is 14.2 Å². The number of methoxy groups -OCH3 is 1. The third kappa shape index (κ3) is 6.62. The molecule has 0 fully saturated rings. The van der Waals surface area contributed by atoms with E-state index >= 15 is 0 Å². The van der Waals surface area contributed by atoms with Crippen LogP contribution < -0.4 is 9.46 Å². The lowest BCUT2D eigenvalue weighted by molar-refractivity contribution is -0.141. The summed E-state index contributed by atoms with van der Waals surface area (Å²) in [7, 11) is -2.55.